The molecular formula is C24H24BrF2NO2. The van der Waals surface area contributed by atoms with E-state index in [2.05, 4.69) is 39.9 Å². The van der Waals surface area contributed by atoms with Crippen molar-refractivity contribution in [3.05, 3.63) is 74.8 Å². The van der Waals surface area contributed by atoms with E-state index in [9.17, 15) is 4.79 Å². The Morgan fingerprint density at radius 2 is 1.93 bits per heavy atom. The summed E-state index contributed by atoms with van der Waals surface area (Å²) in [6.07, 6.45) is 1.43. The molecule has 2 aromatic carbocycles. The third-order valence-corrected chi connectivity index (χ3v) is 6.70. The lowest BCUT2D eigenvalue weighted by atomic mass is 9.84. The summed E-state index contributed by atoms with van der Waals surface area (Å²) >= 11 is 3.18. The normalized spacial score (nSPS) is 21.9. The maximum atomic E-state index is 15.1. The maximum absolute atomic E-state index is 15.1. The third-order valence-electron chi connectivity index (χ3n) is 6.24. The Bertz CT molecular complexity index is 1010. The molecule has 0 unspecified atom stereocenters. The molecule has 0 bridgehead atoms. The molecule has 0 fully saturated rings. The highest BCUT2D eigenvalue weighted by atomic mass is 79.9. The van der Waals surface area contributed by atoms with Crippen molar-refractivity contribution in [3.63, 3.8) is 0 Å². The lowest BCUT2D eigenvalue weighted by Crippen LogP contribution is -2.45. The van der Waals surface area contributed by atoms with Gasteiger partial charge >= 0.3 is 5.97 Å². The highest BCUT2D eigenvalue weighted by Gasteiger charge is 2.42. The zero-order valence-corrected chi connectivity index (χ0v) is 18.8. The van der Waals surface area contributed by atoms with Crippen LogP contribution in [0.3, 0.4) is 0 Å². The van der Waals surface area contributed by atoms with Gasteiger partial charge in [-0.25, -0.2) is 8.78 Å². The van der Waals surface area contributed by atoms with Gasteiger partial charge in [-0.1, -0.05) is 47.1 Å². The van der Waals surface area contributed by atoms with E-state index in [1.54, 1.807) is 6.92 Å². The van der Waals surface area contributed by atoms with E-state index in [0.29, 0.717) is 17.4 Å². The summed E-state index contributed by atoms with van der Waals surface area (Å²) in [5.41, 5.74) is 4.59. The van der Waals surface area contributed by atoms with Crippen molar-refractivity contribution in [2.75, 3.05) is 13.7 Å². The molecule has 0 saturated heterocycles. The minimum absolute atomic E-state index is 0.00876. The molecule has 0 spiro atoms. The fourth-order valence-corrected chi connectivity index (χ4v) is 5.26. The van der Waals surface area contributed by atoms with Gasteiger partial charge in [-0.3, -0.25) is 9.69 Å². The predicted molar refractivity (Wildman–Crippen MR) is 116 cm³/mol. The highest BCUT2D eigenvalue weighted by Crippen LogP contribution is 2.49. The topological polar surface area (TPSA) is 29.5 Å². The molecular weight excluding hydrogens is 452 g/mol. The number of nitrogens with zero attached hydrogens (tertiary/aromatic N) is 1. The molecule has 0 N–H and O–H groups in total. The molecule has 0 radical (unpaired) electrons. The Kier molecular flexibility index (Phi) is 5.82. The van der Waals surface area contributed by atoms with Crippen molar-refractivity contribution in [3.8, 4) is 0 Å². The van der Waals surface area contributed by atoms with Gasteiger partial charge in [0.1, 0.15) is 11.6 Å². The van der Waals surface area contributed by atoms with Gasteiger partial charge in [-0.15, -0.1) is 0 Å². The van der Waals surface area contributed by atoms with Gasteiger partial charge in [-0.2, -0.15) is 0 Å². The Morgan fingerprint density at radius 1 is 1.27 bits per heavy atom. The van der Waals surface area contributed by atoms with E-state index in [0.717, 1.165) is 12.0 Å². The number of carbonyl (C=O) groups is 1. The van der Waals surface area contributed by atoms with E-state index in [4.69, 9.17) is 4.74 Å². The zero-order chi connectivity index (χ0) is 21.6. The smallest absolute Gasteiger partial charge is 0.309 e. The number of ether oxygens (including phenoxy) is 1. The van der Waals surface area contributed by atoms with Gasteiger partial charge in [0.05, 0.1) is 19.1 Å². The number of methoxy groups -OCH3 is 1. The molecule has 4 rings (SSSR count). The molecule has 30 heavy (non-hydrogen) atoms. The molecule has 3 nitrogen and oxygen atoms in total. The number of benzene rings is 2. The number of halogens is 3. The first kappa shape index (κ1) is 21.2. The minimum atomic E-state index is -0.584. The summed E-state index contributed by atoms with van der Waals surface area (Å²) in [5.74, 6) is -1.90. The van der Waals surface area contributed by atoms with Crippen LogP contribution in [0.1, 0.15) is 43.0 Å². The first-order valence-electron chi connectivity index (χ1n) is 10.1. The molecule has 6 heteroatoms. The minimum Gasteiger partial charge on any atom is -0.469 e. The molecule has 0 saturated carbocycles. The summed E-state index contributed by atoms with van der Waals surface area (Å²) in [5, 5.41) is 0. The summed E-state index contributed by atoms with van der Waals surface area (Å²) in [7, 11) is 1.36. The second-order valence-corrected chi connectivity index (χ2v) is 9.11. The van der Waals surface area contributed by atoms with E-state index in [1.807, 2.05) is 12.1 Å². The van der Waals surface area contributed by atoms with Gasteiger partial charge in [-0.05, 0) is 54.2 Å². The number of hydrogen-bond acceptors (Lipinski definition) is 3. The SMILES string of the molecule is COC(=O)[C@@H](C)CN1[C@H](C)CC2=C(Cc3ccccc32)[C@H]1c1c(F)cc(Br)cc1F. The van der Waals surface area contributed by atoms with Crippen molar-refractivity contribution in [2.24, 2.45) is 5.92 Å². The summed E-state index contributed by atoms with van der Waals surface area (Å²) in [4.78, 5) is 14.2. The van der Waals surface area contributed by atoms with Crippen LogP contribution in [0.25, 0.3) is 5.57 Å². The van der Waals surface area contributed by atoms with Crippen LogP contribution < -0.4 is 0 Å². The highest BCUT2D eigenvalue weighted by molar-refractivity contribution is 9.10. The van der Waals surface area contributed by atoms with Gasteiger partial charge < -0.3 is 4.74 Å². The Hall–Kier alpha value is -2.05. The third kappa shape index (κ3) is 3.60. The predicted octanol–water partition coefficient (Wildman–Crippen LogP) is 5.68. The van der Waals surface area contributed by atoms with Crippen LogP contribution in [0, 0.1) is 17.6 Å². The van der Waals surface area contributed by atoms with Crippen LogP contribution in [0.4, 0.5) is 8.78 Å². The van der Waals surface area contributed by atoms with E-state index < -0.39 is 23.6 Å². The van der Waals surface area contributed by atoms with Crippen LogP contribution in [0.15, 0.2) is 46.4 Å². The maximum Gasteiger partial charge on any atom is 0.309 e. The molecule has 1 aliphatic heterocycles. The van der Waals surface area contributed by atoms with E-state index >= 15 is 8.78 Å². The fraction of sp³-hybridized carbons (Fsp3) is 0.375. The largest absolute Gasteiger partial charge is 0.469 e. The molecule has 1 aliphatic carbocycles. The second kappa shape index (κ2) is 8.23. The molecule has 2 aromatic rings. The van der Waals surface area contributed by atoms with Gasteiger partial charge in [0.15, 0.2) is 0 Å². The van der Waals surface area contributed by atoms with Crippen LogP contribution in [0.2, 0.25) is 0 Å². The van der Waals surface area contributed by atoms with E-state index in [-0.39, 0.29) is 17.6 Å². The van der Waals surface area contributed by atoms with Crippen LogP contribution in [-0.2, 0) is 16.0 Å². The first-order chi connectivity index (χ1) is 14.3. The average molecular weight is 476 g/mol. The van der Waals surface area contributed by atoms with Gasteiger partial charge in [0, 0.05) is 22.6 Å². The summed E-state index contributed by atoms with van der Waals surface area (Å²) in [6, 6.07) is 10.2. The fourth-order valence-electron chi connectivity index (χ4n) is 4.86. The molecule has 3 atom stereocenters. The zero-order valence-electron chi connectivity index (χ0n) is 17.2. The standard InChI is InChI=1S/C24H24BrF2NO2/c1-13(24(29)30-3)12-28-14(2)8-18-17-7-5-4-6-15(17)9-19(18)23(28)22-20(26)10-16(25)11-21(22)27/h4-7,10-11,13-14,23H,8-9,12H2,1-3H3/t13-,14+,23-/m0/s1. The van der Waals surface area contributed by atoms with Gasteiger partial charge in [0.25, 0.3) is 0 Å². The van der Waals surface area contributed by atoms with Gasteiger partial charge in [0.2, 0.25) is 0 Å². The van der Waals surface area contributed by atoms with Crippen molar-refractivity contribution in [1.82, 2.24) is 4.90 Å². The Balaban J connectivity index is 1.85. The van der Waals surface area contributed by atoms with Crippen molar-refractivity contribution >= 4 is 27.5 Å². The summed E-state index contributed by atoms with van der Waals surface area (Å²) in [6.45, 7) is 4.20. The average Bonchev–Trinajstić information content (AvgIpc) is 3.06. The van der Waals surface area contributed by atoms with Crippen LogP contribution in [-0.4, -0.2) is 30.6 Å². The monoisotopic (exact) mass is 475 g/mol. The molecule has 0 aromatic heterocycles. The number of fused-ring (bicyclic) bond motifs is 2. The van der Waals surface area contributed by atoms with Crippen LogP contribution >= 0.6 is 15.9 Å². The number of carbonyl (C=O) groups excluding carboxylic acids is 1. The van der Waals surface area contributed by atoms with Crippen molar-refractivity contribution in [1.29, 1.82) is 0 Å². The number of hydrogen-bond donors (Lipinski definition) is 0. The molecule has 2 aliphatic rings. The quantitative estimate of drug-likeness (QED) is 0.532. The lowest BCUT2D eigenvalue weighted by Gasteiger charge is -2.43. The van der Waals surface area contributed by atoms with E-state index in [1.165, 1.54) is 35.9 Å². The first-order valence-corrected chi connectivity index (χ1v) is 10.9. The van der Waals surface area contributed by atoms with Crippen LogP contribution in [0.5, 0.6) is 0 Å². The lowest BCUT2D eigenvalue weighted by molar-refractivity contribution is -0.145. The Morgan fingerprint density at radius 3 is 2.60 bits per heavy atom. The number of esters is 1. The Labute approximate surface area is 183 Å². The molecule has 1 heterocycles. The second-order valence-electron chi connectivity index (χ2n) is 8.20. The molecule has 158 valence electrons. The summed E-state index contributed by atoms with van der Waals surface area (Å²) < 4.78 is 35.5. The number of rotatable bonds is 4. The van der Waals surface area contributed by atoms with Crippen molar-refractivity contribution in [2.45, 2.75) is 38.8 Å². The molecule has 0 amide bonds. The van der Waals surface area contributed by atoms with Crippen molar-refractivity contribution < 1.29 is 18.3 Å².